The molecular weight excluding hydrogens is 425 g/mol. The number of hydrogen-bond donors (Lipinski definition) is 3. The predicted octanol–water partition coefficient (Wildman–Crippen LogP) is 3.35. The topological polar surface area (TPSA) is 100 Å². The first-order valence-corrected chi connectivity index (χ1v) is 9.60. The van der Waals surface area contributed by atoms with Crippen molar-refractivity contribution in [2.75, 3.05) is 10.6 Å². The number of amides is 2. The van der Waals surface area contributed by atoms with Crippen LogP contribution in [0, 0.1) is 5.82 Å². The highest BCUT2D eigenvalue weighted by atomic mass is 35.5. The van der Waals surface area contributed by atoms with Crippen LogP contribution >= 0.6 is 11.6 Å². The van der Waals surface area contributed by atoms with Gasteiger partial charge < -0.3 is 15.7 Å². The summed E-state index contributed by atoms with van der Waals surface area (Å²) >= 11 is 5.79. The van der Waals surface area contributed by atoms with Gasteiger partial charge in [-0.15, -0.1) is 0 Å². The Balaban J connectivity index is 1.68. The molecular formula is C22H19ClFN3O4. The van der Waals surface area contributed by atoms with Gasteiger partial charge in [-0.1, -0.05) is 17.7 Å². The van der Waals surface area contributed by atoms with Crippen molar-refractivity contribution in [1.29, 1.82) is 0 Å². The molecule has 160 valence electrons. The second-order valence-electron chi connectivity index (χ2n) is 7.03. The summed E-state index contributed by atoms with van der Waals surface area (Å²) < 4.78 is 15.7. The summed E-state index contributed by atoms with van der Waals surface area (Å²) in [5, 5.41) is 15.7. The van der Waals surface area contributed by atoms with E-state index >= 15 is 0 Å². The molecule has 2 aromatic carbocycles. The van der Waals surface area contributed by atoms with Crippen molar-refractivity contribution in [3.8, 4) is 5.69 Å². The molecule has 31 heavy (non-hydrogen) atoms. The number of anilines is 2. The van der Waals surface area contributed by atoms with E-state index in [9.17, 15) is 23.9 Å². The van der Waals surface area contributed by atoms with E-state index in [0.29, 0.717) is 10.7 Å². The summed E-state index contributed by atoms with van der Waals surface area (Å²) in [6.07, 6.45) is 0.931. The average Bonchev–Trinajstić information content (AvgIpc) is 2.71. The molecule has 0 aliphatic carbocycles. The van der Waals surface area contributed by atoms with Gasteiger partial charge in [0.05, 0.1) is 17.8 Å². The fourth-order valence-electron chi connectivity index (χ4n) is 2.78. The Bertz CT molecular complexity index is 1180. The van der Waals surface area contributed by atoms with Crippen molar-refractivity contribution in [3.63, 3.8) is 0 Å². The largest absolute Gasteiger partial charge is 0.380 e. The lowest BCUT2D eigenvalue weighted by Crippen LogP contribution is -2.43. The van der Waals surface area contributed by atoms with Gasteiger partial charge in [0, 0.05) is 29.0 Å². The SMILES string of the molecule is C[C@](O)(CC(=O)Nc1ccc(Cl)cc1)C(=O)Nc1ccc(-n2ccccc2=O)cc1F. The highest BCUT2D eigenvalue weighted by molar-refractivity contribution is 6.30. The molecule has 0 saturated heterocycles. The number of carbonyl (C=O) groups excluding carboxylic acids is 2. The molecule has 0 spiro atoms. The van der Waals surface area contributed by atoms with Gasteiger partial charge in [-0.25, -0.2) is 4.39 Å². The van der Waals surface area contributed by atoms with Crippen molar-refractivity contribution in [1.82, 2.24) is 4.57 Å². The third-order valence-corrected chi connectivity index (χ3v) is 4.68. The van der Waals surface area contributed by atoms with Crippen LogP contribution < -0.4 is 16.2 Å². The van der Waals surface area contributed by atoms with Crippen LogP contribution in [0.1, 0.15) is 13.3 Å². The third-order valence-electron chi connectivity index (χ3n) is 4.42. The van der Waals surface area contributed by atoms with Crippen molar-refractivity contribution in [2.24, 2.45) is 0 Å². The van der Waals surface area contributed by atoms with Gasteiger partial charge in [0.15, 0.2) is 0 Å². The molecule has 1 atom stereocenters. The maximum Gasteiger partial charge on any atom is 0.256 e. The maximum absolute atomic E-state index is 14.5. The van der Waals surface area contributed by atoms with E-state index in [1.54, 1.807) is 36.4 Å². The molecule has 0 bridgehead atoms. The summed E-state index contributed by atoms with van der Waals surface area (Å²) in [5.41, 5.74) is -1.92. The number of nitrogens with one attached hydrogen (secondary N) is 2. The number of pyridine rings is 1. The van der Waals surface area contributed by atoms with Gasteiger partial charge in [0.2, 0.25) is 5.91 Å². The van der Waals surface area contributed by atoms with E-state index in [1.807, 2.05) is 0 Å². The van der Waals surface area contributed by atoms with Crippen LogP contribution in [0.4, 0.5) is 15.8 Å². The van der Waals surface area contributed by atoms with E-state index in [0.717, 1.165) is 13.0 Å². The lowest BCUT2D eigenvalue weighted by atomic mass is 10.0. The van der Waals surface area contributed by atoms with Crippen LogP contribution in [0.15, 0.2) is 71.7 Å². The molecule has 3 rings (SSSR count). The van der Waals surface area contributed by atoms with Crippen molar-refractivity contribution < 1.29 is 19.1 Å². The minimum absolute atomic E-state index is 0.198. The minimum atomic E-state index is -2.10. The Hall–Kier alpha value is -3.49. The molecule has 0 aliphatic heterocycles. The van der Waals surface area contributed by atoms with Crippen LogP contribution in [0.2, 0.25) is 5.02 Å². The third kappa shape index (κ3) is 5.56. The van der Waals surface area contributed by atoms with Gasteiger partial charge in [-0.3, -0.25) is 19.0 Å². The molecule has 1 aromatic heterocycles. The predicted molar refractivity (Wildman–Crippen MR) is 116 cm³/mol. The maximum atomic E-state index is 14.5. The normalized spacial score (nSPS) is 12.6. The molecule has 2 amide bonds. The molecule has 0 radical (unpaired) electrons. The molecule has 3 aromatic rings. The number of benzene rings is 2. The molecule has 1 heterocycles. The Morgan fingerprint density at radius 3 is 2.45 bits per heavy atom. The van der Waals surface area contributed by atoms with Crippen molar-refractivity contribution in [3.05, 3.63) is 88.1 Å². The fourth-order valence-corrected chi connectivity index (χ4v) is 2.91. The summed E-state index contributed by atoms with van der Waals surface area (Å²) in [6.45, 7) is 1.15. The standard InChI is InChI=1S/C22H19ClFN3O4/c1-22(31,13-19(28)25-15-7-5-14(23)6-8-15)21(30)26-18-10-9-16(12-17(18)24)27-11-3-2-4-20(27)29/h2-12,31H,13H2,1H3,(H,25,28)(H,26,30)/t22-/m0/s1. The van der Waals surface area contributed by atoms with E-state index in [1.165, 1.54) is 29.0 Å². The summed E-state index contributed by atoms with van der Waals surface area (Å²) in [5.74, 6) is -2.37. The monoisotopic (exact) mass is 443 g/mol. The summed E-state index contributed by atoms with van der Waals surface area (Å²) in [7, 11) is 0. The Kier molecular flexibility index (Phi) is 6.53. The Labute approximate surface area is 182 Å². The zero-order valence-corrected chi connectivity index (χ0v) is 17.2. The quantitative estimate of drug-likeness (QED) is 0.544. The Morgan fingerprint density at radius 1 is 1.10 bits per heavy atom. The molecule has 7 nitrogen and oxygen atoms in total. The summed E-state index contributed by atoms with van der Waals surface area (Å²) in [4.78, 5) is 36.5. The number of carbonyl (C=O) groups is 2. The second-order valence-corrected chi connectivity index (χ2v) is 7.47. The number of hydrogen-bond acceptors (Lipinski definition) is 4. The zero-order valence-electron chi connectivity index (χ0n) is 16.4. The molecule has 0 aliphatic rings. The first-order valence-electron chi connectivity index (χ1n) is 9.22. The molecule has 0 fully saturated rings. The van der Waals surface area contributed by atoms with Crippen LogP contribution in [-0.4, -0.2) is 27.1 Å². The van der Waals surface area contributed by atoms with Crippen LogP contribution in [0.25, 0.3) is 5.69 Å². The zero-order chi connectivity index (χ0) is 22.6. The number of rotatable bonds is 6. The van der Waals surface area contributed by atoms with Crippen molar-refractivity contribution >= 4 is 34.8 Å². The van der Waals surface area contributed by atoms with Crippen molar-refractivity contribution in [2.45, 2.75) is 18.9 Å². The van der Waals surface area contributed by atoms with E-state index in [4.69, 9.17) is 11.6 Å². The Morgan fingerprint density at radius 2 is 1.81 bits per heavy atom. The summed E-state index contributed by atoms with van der Waals surface area (Å²) in [6, 6.07) is 14.6. The number of nitrogens with zero attached hydrogens (tertiary/aromatic N) is 1. The van der Waals surface area contributed by atoms with Crippen LogP contribution in [-0.2, 0) is 9.59 Å². The van der Waals surface area contributed by atoms with Crippen LogP contribution in [0.5, 0.6) is 0 Å². The van der Waals surface area contributed by atoms with Gasteiger partial charge >= 0.3 is 0 Å². The molecule has 9 heteroatoms. The van der Waals surface area contributed by atoms with Gasteiger partial charge in [0.1, 0.15) is 11.4 Å². The molecule has 0 unspecified atom stereocenters. The van der Waals surface area contributed by atoms with E-state index in [2.05, 4.69) is 10.6 Å². The van der Waals surface area contributed by atoms with E-state index in [-0.39, 0.29) is 16.9 Å². The average molecular weight is 444 g/mol. The van der Waals surface area contributed by atoms with E-state index < -0.39 is 29.7 Å². The molecule has 0 saturated carbocycles. The number of halogens is 2. The lowest BCUT2D eigenvalue weighted by molar-refractivity contribution is -0.137. The van der Waals surface area contributed by atoms with Gasteiger partial charge in [0.25, 0.3) is 11.5 Å². The molecule has 3 N–H and O–H groups in total. The van der Waals surface area contributed by atoms with Gasteiger partial charge in [-0.2, -0.15) is 0 Å². The fraction of sp³-hybridized carbons (Fsp3) is 0.136. The number of aliphatic hydroxyl groups is 1. The van der Waals surface area contributed by atoms with Crippen LogP contribution in [0.3, 0.4) is 0 Å². The highest BCUT2D eigenvalue weighted by Crippen LogP contribution is 2.21. The lowest BCUT2D eigenvalue weighted by Gasteiger charge is -2.22. The first-order chi connectivity index (χ1) is 14.7. The second kappa shape index (κ2) is 9.11. The number of aromatic nitrogens is 1. The smallest absolute Gasteiger partial charge is 0.256 e. The van der Waals surface area contributed by atoms with Gasteiger partial charge in [-0.05, 0) is 49.4 Å². The highest BCUT2D eigenvalue weighted by Gasteiger charge is 2.33. The minimum Gasteiger partial charge on any atom is -0.380 e. The first kappa shape index (κ1) is 22.2.